The Balaban J connectivity index is 2.86. The number of likely N-dealkylation sites (N-methyl/N-ethyl adjacent to an activating group) is 1. The largest absolute Gasteiger partial charge is 0.491 e. The zero-order chi connectivity index (χ0) is 14.5. The third kappa shape index (κ3) is 3.70. The molecule has 3 N–H and O–H groups in total. The molecule has 0 saturated carbocycles. The molecule has 0 spiro atoms. The van der Waals surface area contributed by atoms with Gasteiger partial charge in [-0.2, -0.15) is 0 Å². The van der Waals surface area contributed by atoms with E-state index in [2.05, 4.69) is 25.2 Å². The van der Waals surface area contributed by atoms with Gasteiger partial charge in [-0.25, -0.2) is 0 Å². The molecule has 0 aliphatic carbocycles. The maximum atomic E-state index is 11.4. The maximum Gasteiger partial charge on any atom is 0.240 e. The van der Waals surface area contributed by atoms with Crippen LogP contribution in [0.2, 0.25) is 0 Å². The normalized spacial score (nSPS) is 15.6. The summed E-state index contributed by atoms with van der Waals surface area (Å²) in [5, 5.41) is 2.91. The van der Waals surface area contributed by atoms with Crippen LogP contribution in [0.25, 0.3) is 0 Å². The average molecular weight is 264 g/mol. The molecule has 0 aliphatic heterocycles. The molecule has 0 aliphatic rings. The lowest BCUT2D eigenvalue weighted by Gasteiger charge is -2.26. The molecule has 1 aromatic rings. The second-order valence-electron chi connectivity index (χ2n) is 5.08. The van der Waals surface area contributed by atoms with Crippen LogP contribution in [0, 0.1) is 0 Å². The first kappa shape index (κ1) is 15.5. The van der Waals surface area contributed by atoms with E-state index >= 15 is 0 Å². The van der Waals surface area contributed by atoms with Crippen molar-refractivity contribution in [2.45, 2.75) is 38.6 Å². The van der Waals surface area contributed by atoms with Gasteiger partial charge in [0.05, 0.1) is 0 Å². The minimum absolute atomic E-state index is 0.215. The smallest absolute Gasteiger partial charge is 0.240 e. The van der Waals surface area contributed by atoms with Gasteiger partial charge in [0.15, 0.2) is 0 Å². The van der Waals surface area contributed by atoms with Crippen LogP contribution >= 0.6 is 0 Å². The fraction of sp³-hybridized carbons (Fsp3) is 0.533. The molecule has 4 heteroatoms. The summed E-state index contributed by atoms with van der Waals surface area (Å²) < 4.78 is 5.81. The van der Waals surface area contributed by atoms with Gasteiger partial charge in [0.2, 0.25) is 5.91 Å². The van der Waals surface area contributed by atoms with Gasteiger partial charge in [-0.1, -0.05) is 32.0 Å². The Bertz CT molecular complexity index is 434. The summed E-state index contributed by atoms with van der Waals surface area (Å²) in [7, 11) is 1.70. The lowest BCUT2D eigenvalue weighted by atomic mass is 9.97. The number of benzene rings is 1. The first-order chi connectivity index (χ1) is 8.94. The molecule has 0 bridgehead atoms. The van der Waals surface area contributed by atoms with Crippen molar-refractivity contribution in [3.8, 4) is 5.75 Å². The monoisotopic (exact) mass is 264 g/mol. The van der Waals surface area contributed by atoms with E-state index in [1.165, 1.54) is 0 Å². The van der Waals surface area contributed by atoms with E-state index in [0.29, 0.717) is 5.92 Å². The molecule has 2 atom stereocenters. The quantitative estimate of drug-likeness (QED) is 0.792. The minimum atomic E-state index is -0.859. The fourth-order valence-electron chi connectivity index (χ4n) is 1.73. The van der Waals surface area contributed by atoms with Gasteiger partial charge < -0.3 is 15.8 Å². The van der Waals surface area contributed by atoms with Crippen LogP contribution in [0.1, 0.15) is 38.7 Å². The van der Waals surface area contributed by atoms with Gasteiger partial charge in [-0.3, -0.25) is 4.79 Å². The highest BCUT2D eigenvalue weighted by atomic mass is 16.5. The summed E-state index contributed by atoms with van der Waals surface area (Å²) in [6.07, 6.45) is 1.04. The first-order valence-corrected chi connectivity index (χ1v) is 6.65. The number of para-hydroxylation sites is 1. The number of amides is 1. The molecular formula is C15H24N2O2. The van der Waals surface area contributed by atoms with E-state index in [0.717, 1.165) is 17.7 Å². The number of primary amides is 1. The third-order valence-electron chi connectivity index (χ3n) is 3.67. The van der Waals surface area contributed by atoms with Crippen molar-refractivity contribution < 1.29 is 9.53 Å². The number of nitrogens with two attached hydrogens (primary N) is 1. The summed E-state index contributed by atoms with van der Waals surface area (Å²) in [4.78, 5) is 11.4. The summed E-state index contributed by atoms with van der Waals surface area (Å²) in [5.74, 6) is 0.821. The number of rotatable bonds is 7. The van der Waals surface area contributed by atoms with Crippen molar-refractivity contribution in [1.82, 2.24) is 5.32 Å². The van der Waals surface area contributed by atoms with Crippen molar-refractivity contribution in [3.63, 3.8) is 0 Å². The molecule has 0 radical (unpaired) electrons. The molecule has 0 saturated heterocycles. The molecule has 106 valence electrons. The Morgan fingerprint density at radius 1 is 1.47 bits per heavy atom. The average Bonchev–Trinajstić information content (AvgIpc) is 2.44. The van der Waals surface area contributed by atoms with Crippen molar-refractivity contribution in [1.29, 1.82) is 0 Å². The lowest BCUT2D eigenvalue weighted by Crippen LogP contribution is -2.55. The van der Waals surface area contributed by atoms with Crippen LogP contribution in [0.3, 0.4) is 0 Å². The van der Waals surface area contributed by atoms with Gasteiger partial charge in [-0.15, -0.1) is 0 Å². The topological polar surface area (TPSA) is 64.3 Å². The first-order valence-electron chi connectivity index (χ1n) is 6.65. The predicted molar refractivity (Wildman–Crippen MR) is 77.3 cm³/mol. The Hall–Kier alpha value is -1.55. The van der Waals surface area contributed by atoms with Crippen LogP contribution in [-0.4, -0.2) is 25.1 Å². The van der Waals surface area contributed by atoms with Crippen LogP contribution in [0.15, 0.2) is 24.3 Å². The van der Waals surface area contributed by atoms with Gasteiger partial charge in [0.25, 0.3) is 0 Å². The number of ether oxygens (including phenoxy) is 1. The number of carbonyl (C=O) groups is 1. The summed E-state index contributed by atoms with van der Waals surface area (Å²) >= 11 is 0. The molecule has 19 heavy (non-hydrogen) atoms. The van der Waals surface area contributed by atoms with Crippen LogP contribution < -0.4 is 15.8 Å². The molecule has 2 unspecified atom stereocenters. The summed E-state index contributed by atoms with van der Waals surface area (Å²) in [6.45, 7) is 6.25. The zero-order valence-corrected chi connectivity index (χ0v) is 12.2. The van der Waals surface area contributed by atoms with Crippen molar-refractivity contribution in [2.75, 3.05) is 13.7 Å². The van der Waals surface area contributed by atoms with E-state index in [-0.39, 0.29) is 6.61 Å². The second-order valence-corrected chi connectivity index (χ2v) is 5.08. The fourth-order valence-corrected chi connectivity index (χ4v) is 1.73. The van der Waals surface area contributed by atoms with Gasteiger partial charge in [0.1, 0.15) is 17.9 Å². The third-order valence-corrected chi connectivity index (χ3v) is 3.67. The van der Waals surface area contributed by atoms with Crippen molar-refractivity contribution >= 4 is 5.91 Å². The minimum Gasteiger partial charge on any atom is -0.491 e. The van der Waals surface area contributed by atoms with Crippen LogP contribution in [0.5, 0.6) is 5.75 Å². The highest BCUT2D eigenvalue weighted by Crippen LogP contribution is 2.28. The number of carbonyl (C=O) groups excluding carboxylic acids is 1. The van der Waals surface area contributed by atoms with Gasteiger partial charge >= 0.3 is 0 Å². The van der Waals surface area contributed by atoms with E-state index in [9.17, 15) is 4.79 Å². The SMILES string of the molecule is CCC(C)c1ccccc1OCC(C)(NC)C(N)=O. The van der Waals surface area contributed by atoms with E-state index in [1.54, 1.807) is 14.0 Å². The lowest BCUT2D eigenvalue weighted by molar-refractivity contribution is -0.124. The highest BCUT2D eigenvalue weighted by Gasteiger charge is 2.30. The van der Waals surface area contributed by atoms with Crippen LogP contribution in [0.4, 0.5) is 0 Å². The maximum absolute atomic E-state index is 11.4. The number of hydrogen-bond donors (Lipinski definition) is 2. The second kappa shape index (κ2) is 6.57. The Morgan fingerprint density at radius 3 is 2.63 bits per heavy atom. The molecule has 1 aromatic carbocycles. The molecule has 0 heterocycles. The molecular weight excluding hydrogens is 240 g/mol. The molecule has 0 aromatic heterocycles. The van der Waals surface area contributed by atoms with Gasteiger partial charge in [-0.05, 0) is 37.9 Å². The number of hydrogen-bond acceptors (Lipinski definition) is 3. The zero-order valence-electron chi connectivity index (χ0n) is 12.2. The van der Waals surface area contributed by atoms with Crippen LogP contribution in [-0.2, 0) is 4.79 Å². The van der Waals surface area contributed by atoms with Crippen molar-refractivity contribution in [3.05, 3.63) is 29.8 Å². The predicted octanol–water partition coefficient (Wildman–Crippen LogP) is 2.04. The number of nitrogens with one attached hydrogen (secondary N) is 1. The Kier molecular flexibility index (Phi) is 5.36. The molecule has 1 amide bonds. The standard InChI is InChI=1S/C15H24N2O2/c1-5-11(2)12-8-6-7-9-13(12)19-10-15(3,17-4)14(16)18/h6-9,11,17H,5,10H2,1-4H3,(H2,16,18). The van der Waals surface area contributed by atoms with E-state index < -0.39 is 11.4 Å². The molecule has 1 rings (SSSR count). The molecule has 0 fully saturated rings. The summed E-state index contributed by atoms with van der Waals surface area (Å²) in [6, 6.07) is 7.92. The Labute approximate surface area is 115 Å². The van der Waals surface area contributed by atoms with Gasteiger partial charge in [0, 0.05) is 0 Å². The van der Waals surface area contributed by atoms with E-state index in [1.807, 2.05) is 18.2 Å². The summed E-state index contributed by atoms with van der Waals surface area (Å²) in [5.41, 5.74) is 5.69. The molecule has 4 nitrogen and oxygen atoms in total. The Morgan fingerprint density at radius 2 is 2.11 bits per heavy atom. The van der Waals surface area contributed by atoms with E-state index in [4.69, 9.17) is 10.5 Å². The highest BCUT2D eigenvalue weighted by molar-refractivity contribution is 5.84. The van der Waals surface area contributed by atoms with Crippen molar-refractivity contribution in [2.24, 2.45) is 5.73 Å².